The molecule has 0 spiro atoms. The van der Waals surface area contributed by atoms with Gasteiger partial charge in [-0.3, -0.25) is 19.3 Å². The second kappa shape index (κ2) is 6.76. The molecular weight excluding hydrogens is 346 g/mol. The van der Waals surface area contributed by atoms with E-state index in [1.807, 2.05) is 0 Å². The maximum atomic E-state index is 12.7. The Hall–Kier alpha value is -3.33. The summed E-state index contributed by atoms with van der Waals surface area (Å²) in [5.74, 6) is 0. The molecule has 0 bridgehead atoms. The number of hydrogen-bond donors (Lipinski definition) is 4. The van der Waals surface area contributed by atoms with Gasteiger partial charge in [-0.1, -0.05) is 0 Å². The van der Waals surface area contributed by atoms with Crippen LogP contribution in [-0.4, -0.2) is 38.8 Å². The molecular formula is C18H19N7O2. The van der Waals surface area contributed by atoms with Gasteiger partial charge in [-0.25, -0.2) is 9.78 Å². The predicted molar refractivity (Wildman–Crippen MR) is 104 cm³/mol. The van der Waals surface area contributed by atoms with Gasteiger partial charge in [0.2, 0.25) is 0 Å². The first-order valence-corrected chi connectivity index (χ1v) is 8.72. The van der Waals surface area contributed by atoms with Crippen LogP contribution < -0.4 is 22.3 Å². The van der Waals surface area contributed by atoms with Crippen LogP contribution in [0.2, 0.25) is 0 Å². The quantitative estimate of drug-likeness (QED) is 0.393. The van der Waals surface area contributed by atoms with Crippen molar-refractivity contribution in [2.75, 3.05) is 13.1 Å². The summed E-state index contributed by atoms with van der Waals surface area (Å²) in [6.45, 7) is 1.60. The van der Waals surface area contributed by atoms with E-state index in [0.29, 0.717) is 33.2 Å². The molecule has 9 nitrogen and oxygen atoms in total. The highest BCUT2D eigenvalue weighted by Gasteiger charge is 2.22. The number of fused-ring (bicyclic) bond motifs is 3. The fourth-order valence-electron chi connectivity index (χ4n) is 3.57. The molecule has 0 unspecified atom stereocenters. The van der Waals surface area contributed by atoms with Crippen molar-refractivity contribution in [1.29, 1.82) is 5.41 Å². The second-order valence-electron chi connectivity index (χ2n) is 6.46. The van der Waals surface area contributed by atoms with Gasteiger partial charge in [0.05, 0.1) is 22.1 Å². The zero-order valence-corrected chi connectivity index (χ0v) is 14.5. The lowest BCUT2D eigenvalue weighted by Crippen LogP contribution is -2.38. The van der Waals surface area contributed by atoms with Crippen LogP contribution >= 0.6 is 0 Å². The maximum Gasteiger partial charge on any atom is 0.329 e. The highest BCUT2D eigenvalue weighted by Crippen LogP contribution is 2.26. The number of nitrogens with one attached hydrogen (secondary N) is 3. The van der Waals surface area contributed by atoms with Gasteiger partial charge in [0.25, 0.3) is 5.56 Å². The SMILES string of the molecule is N=C/C(=C\N)c1ccc2ncc3c(=O)[nH]c(=O)n(C4CCNCC4)c3c2n1. The first-order valence-electron chi connectivity index (χ1n) is 8.72. The third-order valence-corrected chi connectivity index (χ3v) is 4.92. The monoisotopic (exact) mass is 365 g/mol. The Balaban J connectivity index is 2.12. The number of nitrogens with two attached hydrogens (primary N) is 1. The van der Waals surface area contributed by atoms with Gasteiger partial charge in [-0.05, 0) is 38.1 Å². The van der Waals surface area contributed by atoms with Gasteiger partial charge in [-0.15, -0.1) is 0 Å². The fourth-order valence-corrected chi connectivity index (χ4v) is 3.57. The van der Waals surface area contributed by atoms with Gasteiger partial charge < -0.3 is 16.5 Å². The minimum atomic E-state index is -0.483. The number of pyridine rings is 2. The first-order chi connectivity index (χ1) is 13.1. The molecule has 0 aliphatic carbocycles. The molecule has 0 amide bonds. The van der Waals surface area contributed by atoms with E-state index >= 15 is 0 Å². The average molecular weight is 365 g/mol. The van der Waals surface area contributed by atoms with Crippen LogP contribution in [0.1, 0.15) is 24.6 Å². The predicted octanol–water partition coefficient (Wildman–Crippen LogP) is 0.507. The van der Waals surface area contributed by atoms with Crippen LogP contribution in [0.4, 0.5) is 0 Å². The van der Waals surface area contributed by atoms with Crippen molar-refractivity contribution in [2.45, 2.75) is 18.9 Å². The molecule has 138 valence electrons. The zero-order chi connectivity index (χ0) is 19.0. The smallest absolute Gasteiger partial charge is 0.329 e. The highest BCUT2D eigenvalue weighted by atomic mass is 16.2. The zero-order valence-electron chi connectivity index (χ0n) is 14.5. The summed E-state index contributed by atoms with van der Waals surface area (Å²) in [5.41, 5.74) is 7.08. The standard InChI is InChI=1S/C18H19N7O2/c19-7-10(8-20)13-1-2-14-15(23-13)16-12(9-22-14)17(26)24-18(27)25(16)11-3-5-21-6-4-11/h1-2,7-9,11,19,21H,3-6,20H2,(H,24,26,27)/b10-8+,19-7?. The maximum absolute atomic E-state index is 12.7. The second-order valence-corrected chi connectivity index (χ2v) is 6.46. The van der Waals surface area contributed by atoms with E-state index in [1.54, 1.807) is 16.7 Å². The Morgan fingerprint density at radius 3 is 2.78 bits per heavy atom. The van der Waals surface area contributed by atoms with Crippen LogP contribution in [0.25, 0.3) is 27.5 Å². The Kier molecular flexibility index (Phi) is 4.28. The molecule has 1 aliphatic rings. The Bertz CT molecular complexity index is 1190. The molecule has 1 fully saturated rings. The van der Waals surface area contributed by atoms with E-state index in [2.05, 4.69) is 20.3 Å². The van der Waals surface area contributed by atoms with E-state index in [0.717, 1.165) is 32.1 Å². The fraction of sp³-hybridized carbons (Fsp3) is 0.278. The molecule has 1 aliphatic heterocycles. The summed E-state index contributed by atoms with van der Waals surface area (Å²) in [4.78, 5) is 36.4. The highest BCUT2D eigenvalue weighted by molar-refractivity contribution is 6.09. The topological polar surface area (TPSA) is 143 Å². The molecule has 0 atom stereocenters. The van der Waals surface area contributed by atoms with Gasteiger partial charge in [0, 0.05) is 30.2 Å². The molecule has 9 heteroatoms. The lowest BCUT2D eigenvalue weighted by molar-refractivity contribution is 0.365. The van der Waals surface area contributed by atoms with Gasteiger partial charge in [0.1, 0.15) is 5.52 Å². The van der Waals surface area contributed by atoms with Crippen molar-refractivity contribution >= 4 is 33.7 Å². The molecule has 3 aromatic rings. The van der Waals surface area contributed by atoms with E-state index in [-0.39, 0.29) is 6.04 Å². The van der Waals surface area contributed by atoms with Crippen LogP contribution in [0.5, 0.6) is 0 Å². The number of hydrogen-bond acceptors (Lipinski definition) is 7. The van der Waals surface area contributed by atoms with Crippen LogP contribution in [0.15, 0.2) is 34.1 Å². The summed E-state index contributed by atoms with van der Waals surface area (Å²) in [7, 11) is 0. The minimum Gasteiger partial charge on any atom is -0.404 e. The molecule has 0 aromatic carbocycles. The van der Waals surface area contributed by atoms with Gasteiger partial charge in [0.15, 0.2) is 0 Å². The lowest BCUT2D eigenvalue weighted by Gasteiger charge is -2.26. The van der Waals surface area contributed by atoms with E-state index in [9.17, 15) is 9.59 Å². The third-order valence-electron chi connectivity index (χ3n) is 4.92. The summed E-state index contributed by atoms with van der Waals surface area (Å²) >= 11 is 0. The Morgan fingerprint density at radius 2 is 2.07 bits per heavy atom. The van der Waals surface area contributed by atoms with E-state index < -0.39 is 11.2 Å². The summed E-state index contributed by atoms with van der Waals surface area (Å²) in [6.07, 6.45) is 5.44. The molecule has 27 heavy (non-hydrogen) atoms. The average Bonchev–Trinajstić information content (AvgIpc) is 2.69. The molecule has 4 rings (SSSR count). The normalized spacial score (nSPS) is 16.1. The number of piperidine rings is 1. The number of aromatic nitrogens is 4. The first kappa shape index (κ1) is 17.1. The Morgan fingerprint density at radius 1 is 1.30 bits per heavy atom. The van der Waals surface area contributed by atoms with E-state index in [1.165, 1.54) is 12.4 Å². The van der Waals surface area contributed by atoms with Gasteiger partial charge >= 0.3 is 5.69 Å². The number of H-pyrrole nitrogens is 1. The van der Waals surface area contributed by atoms with Crippen molar-refractivity contribution in [2.24, 2.45) is 5.73 Å². The van der Waals surface area contributed by atoms with Crippen LogP contribution in [-0.2, 0) is 0 Å². The minimum absolute atomic E-state index is 0.0404. The van der Waals surface area contributed by atoms with Crippen molar-refractivity contribution in [1.82, 2.24) is 24.8 Å². The van der Waals surface area contributed by atoms with Crippen molar-refractivity contribution in [3.05, 3.63) is 51.1 Å². The summed E-state index contributed by atoms with van der Waals surface area (Å²) in [6, 6.07) is 3.43. The molecule has 1 saturated heterocycles. The molecule has 3 aromatic heterocycles. The van der Waals surface area contributed by atoms with Crippen LogP contribution in [0.3, 0.4) is 0 Å². The number of allylic oxidation sites excluding steroid dienone is 1. The molecule has 5 N–H and O–H groups in total. The van der Waals surface area contributed by atoms with Gasteiger partial charge in [-0.2, -0.15) is 0 Å². The number of rotatable bonds is 3. The summed E-state index contributed by atoms with van der Waals surface area (Å²) < 4.78 is 1.63. The molecule has 4 heterocycles. The largest absolute Gasteiger partial charge is 0.404 e. The lowest BCUT2D eigenvalue weighted by atomic mass is 10.1. The van der Waals surface area contributed by atoms with E-state index in [4.69, 9.17) is 11.1 Å². The third kappa shape index (κ3) is 2.81. The molecule has 0 saturated carbocycles. The molecule has 0 radical (unpaired) electrons. The Labute approximate surface area is 153 Å². The number of nitrogens with zero attached hydrogens (tertiary/aromatic N) is 3. The van der Waals surface area contributed by atoms with Crippen molar-refractivity contribution < 1.29 is 0 Å². The van der Waals surface area contributed by atoms with Crippen LogP contribution in [0, 0.1) is 5.41 Å². The number of aromatic amines is 1. The van der Waals surface area contributed by atoms with Crippen molar-refractivity contribution in [3.63, 3.8) is 0 Å². The summed E-state index contributed by atoms with van der Waals surface area (Å²) in [5, 5.41) is 11.1. The van der Waals surface area contributed by atoms with Crippen molar-refractivity contribution in [3.8, 4) is 0 Å².